The van der Waals surface area contributed by atoms with Gasteiger partial charge in [0.15, 0.2) is 11.6 Å². The van der Waals surface area contributed by atoms with Crippen LogP contribution in [0.4, 0.5) is 8.78 Å². The molecule has 0 unspecified atom stereocenters. The second-order valence-corrected chi connectivity index (χ2v) is 5.30. The zero-order valence-electron chi connectivity index (χ0n) is 12.0. The lowest BCUT2D eigenvalue weighted by molar-refractivity contribution is -0.122. The van der Waals surface area contributed by atoms with E-state index in [2.05, 4.69) is 5.32 Å². The van der Waals surface area contributed by atoms with Gasteiger partial charge >= 0.3 is 0 Å². The van der Waals surface area contributed by atoms with Crippen LogP contribution < -0.4 is 11.1 Å². The third-order valence-corrected chi connectivity index (χ3v) is 3.72. The molecule has 0 aromatic heterocycles. The van der Waals surface area contributed by atoms with Crippen molar-refractivity contribution in [2.24, 2.45) is 11.7 Å². The average Bonchev–Trinajstić information content (AvgIpc) is 2.49. The van der Waals surface area contributed by atoms with Crippen LogP contribution in [0.15, 0.2) is 12.1 Å². The summed E-state index contributed by atoms with van der Waals surface area (Å²) in [6.45, 7) is 1.16. The van der Waals surface area contributed by atoms with E-state index in [4.69, 9.17) is 10.5 Å². The maximum Gasteiger partial charge on any atom is 0.251 e. The summed E-state index contributed by atoms with van der Waals surface area (Å²) in [5, 5.41) is 2.56. The quantitative estimate of drug-likeness (QED) is 0.864. The minimum atomic E-state index is -1.29. The van der Waals surface area contributed by atoms with E-state index in [0.717, 1.165) is 18.9 Å². The topological polar surface area (TPSA) is 81.4 Å². The van der Waals surface area contributed by atoms with Crippen molar-refractivity contribution < 1.29 is 23.1 Å². The van der Waals surface area contributed by atoms with Crippen LogP contribution in [0, 0.1) is 17.6 Å². The molecule has 1 heterocycles. The van der Waals surface area contributed by atoms with E-state index < -0.39 is 23.1 Å². The highest BCUT2D eigenvalue weighted by Crippen LogP contribution is 2.19. The fraction of sp³-hybridized carbons (Fsp3) is 0.467. The van der Waals surface area contributed by atoms with Gasteiger partial charge in [-0.25, -0.2) is 8.78 Å². The second-order valence-electron chi connectivity index (χ2n) is 5.30. The Hall–Kier alpha value is -2.02. The molecule has 0 spiro atoms. The Balaban J connectivity index is 1.92. The number of rotatable bonds is 5. The minimum Gasteiger partial charge on any atom is -0.381 e. The van der Waals surface area contributed by atoms with E-state index in [-0.39, 0.29) is 23.9 Å². The second kappa shape index (κ2) is 7.31. The minimum absolute atomic E-state index is 0.0252. The Bertz CT molecular complexity index is 572. The zero-order chi connectivity index (χ0) is 16.1. The highest BCUT2D eigenvalue weighted by molar-refractivity contribution is 5.93. The molecule has 1 aliphatic rings. The van der Waals surface area contributed by atoms with Gasteiger partial charge in [-0.3, -0.25) is 9.59 Å². The third-order valence-electron chi connectivity index (χ3n) is 3.72. The largest absolute Gasteiger partial charge is 0.381 e. The molecule has 2 rings (SSSR count). The molecule has 0 bridgehead atoms. The number of primary amides is 1. The molecule has 7 heteroatoms. The molecule has 1 saturated heterocycles. The van der Waals surface area contributed by atoms with Crippen molar-refractivity contribution in [3.8, 4) is 0 Å². The van der Waals surface area contributed by atoms with Crippen LogP contribution in [0.25, 0.3) is 0 Å². The Kier molecular flexibility index (Phi) is 5.43. The number of hydrogen-bond donors (Lipinski definition) is 2. The fourth-order valence-electron chi connectivity index (χ4n) is 2.39. The first-order valence-corrected chi connectivity index (χ1v) is 7.10. The summed E-state index contributed by atoms with van der Waals surface area (Å²) in [5.74, 6) is -3.45. The van der Waals surface area contributed by atoms with Crippen LogP contribution in [0.2, 0.25) is 0 Å². The Labute approximate surface area is 126 Å². The molecular weight excluding hydrogens is 294 g/mol. The Morgan fingerprint density at radius 3 is 2.55 bits per heavy atom. The van der Waals surface area contributed by atoms with E-state index in [1.54, 1.807) is 0 Å². The van der Waals surface area contributed by atoms with Gasteiger partial charge in [0.2, 0.25) is 5.91 Å². The monoisotopic (exact) mass is 312 g/mol. The molecular formula is C15H18F2N2O3. The lowest BCUT2D eigenvalue weighted by atomic mass is 9.96. The van der Waals surface area contributed by atoms with Gasteiger partial charge in [0.1, 0.15) is 0 Å². The predicted octanol–water partition coefficient (Wildman–Crippen LogP) is 1.50. The van der Waals surface area contributed by atoms with E-state index in [9.17, 15) is 18.4 Å². The fourth-order valence-corrected chi connectivity index (χ4v) is 2.39. The number of nitrogens with two attached hydrogens (primary N) is 1. The molecule has 1 aliphatic heterocycles. The number of nitrogens with one attached hydrogen (secondary N) is 1. The van der Waals surface area contributed by atoms with E-state index in [1.807, 2.05) is 0 Å². The lowest BCUT2D eigenvalue weighted by Crippen LogP contribution is -2.28. The first-order chi connectivity index (χ1) is 10.5. The highest BCUT2D eigenvalue weighted by Gasteiger charge is 2.19. The molecule has 0 saturated carbocycles. The molecule has 2 amide bonds. The van der Waals surface area contributed by atoms with Gasteiger partial charge in [0, 0.05) is 31.7 Å². The van der Waals surface area contributed by atoms with Crippen molar-refractivity contribution in [2.45, 2.75) is 25.8 Å². The number of carbonyl (C=O) groups is 2. The third kappa shape index (κ3) is 4.00. The maximum atomic E-state index is 13.8. The molecule has 1 fully saturated rings. The highest BCUT2D eigenvalue weighted by atomic mass is 19.2. The smallest absolute Gasteiger partial charge is 0.251 e. The van der Waals surface area contributed by atoms with Gasteiger partial charge in [-0.2, -0.15) is 0 Å². The number of amides is 2. The van der Waals surface area contributed by atoms with Gasteiger partial charge in [0.05, 0.1) is 5.56 Å². The molecule has 0 radical (unpaired) electrons. The predicted molar refractivity (Wildman–Crippen MR) is 74.9 cm³/mol. The van der Waals surface area contributed by atoms with Crippen LogP contribution in [-0.2, 0) is 16.1 Å². The number of benzene rings is 1. The molecule has 0 aliphatic carbocycles. The van der Waals surface area contributed by atoms with Gasteiger partial charge in [-0.15, -0.1) is 0 Å². The van der Waals surface area contributed by atoms with Crippen LogP contribution in [0.1, 0.15) is 35.2 Å². The normalized spacial score (nSPS) is 15.5. The number of ether oxygens (including phenoxy) is 1. The standard InChI is InChI=1S/C15H18F2N2O3/c16-13-10(1-2-11(14(13)17)15(18)21)8-19-12(20)7-9-3-5-22-6-4-9/h1-2,9H,3-8H2,(H2,18,21)(H,19,20). The summed E-state index contributed by atoms with van der Waals surface area (Å²) >= 11 is 0. The van der Waals surface area contributed by atoms with Crippen molar-refractivity contribution in [3.05, 3.63) is 34.9 Å². The van der Waals surface area contributed by atoms with Crippen molar-refractivity contribution in [3.63, 3.8) is 0 Å². The summed E-state index contributed by atoms with van der Waals surface area (Å²) in [6.07, 6.45) is 1.99. The molecule has 120 valence electrons. The summed E-state index contributed by atoms with van der Waals surface area (Å²) in [6, 6.07) is 2.36. The molecule has 3 N–H and O–H groups in total. The van der Waals surface area contributed by atoms with Gasteiger partial charge in [0.25, 0.3) is 5.91 Å². The van der Waals surface area contributed by atoms with Crippen molar-refractivity contribution in [2.75, 3.05) is 13.2 Å². The average molecular weight is 312 g/mol. The number of hydrogen-bond acceptors (Lipinski definition) is 3. The van der Waals surface area contributed by atoms with Crippen molar-refractivity contribution in [1.82, 2.24) is 5.32 Å². The maximum absolute atomic E-state index is 13.8. The van der Waals surface area contributed by atoms with Gasteiger partial charge in [-0.1, -0.05) is 6.07 Å². The molecule has 0 atom stereocenters. The first kappa shape index (κ1) is 16.4. The van der Waals surface area contributed by atoms with Crippen LogP contribution in [0.3, 0.4) is 0 Å². The molecule has 1 aromatic rings. The first-order valence-electron chi connectivity index (χ1n) is 7.10. The molecule has 5 nitrogen and oxygen atoms in total. The zero-order valence-corrected chi connectivity index (χ0v) is 12.0. The van der Waals surface area contributed by atoms with Crippen LogP contribution in [-0.4, -0.2) is 25.0 Å². The van der Waals surface area contributed by atoms with E-state index in [1.165, 1.54) is 6.07 Å². The summed E-state index contributed by atoms with van der Waals surface area (Å²) in [7, 11) is 0. The van der Waals surface area contributed by atoms with E-state index in [0.29, 0.717) is 19.6 Å². The van der Waals surface area contributed by atoms with Crippen molar-refractivity contribution in [1.29, 1.82) is 0 Å². The van der Waals surface area contributed by atoms with Crippen LogP contribution in [0.5, 0.6) is 0 Å². The molecule has 22 heavy (non-hydrogen) atoms. The lowest BCUT2D eigenvalue weighted by Gasteiger charge is -2.21. The van der Waals surface area contributed by atoms with Crippen molar-refractivity contribution >= 4 is 11.8 Å². The summed E-state index contributed by atoms with van der Waals surface area (Å²) in [5.41, 5.74) is 4.40. The molecule has 1 aromatic carbocycles. The van der Waals surface area contributed by atoms with Gasteiger partial charge < -0.3 is 15.8 Å². The van der Waals surface area contributed by atoms with Gasteiger partial charge in [-0.05, 0) is 24.8 Å². The Morgan fingerprint density at radius 2 is 1.91 bits per heavy atom. The number of carbonyl (C=O) groups excluding carboxylic acids is 2. The summed E-state index contributed by atoms with van der Waals surface area (Å²) in [4.78, 5) is 22.7. The van der Waals surface area contributed by atoms with Crippen LogP contribution >= 0.6 is 0 Å². The SMILES string of the molecule is NC(=O)c1ccc(CNC(=O)CC2CCOCC2)c(F)c1F. The summed E-state index contributed by atoms with van der Waals surface area (Å²) < 4.78 is 32.6. The Morgan fingerprint density at radius 1 is 1.23 bits per heavy atom. The van der Waals surface area contributed by atoms with E-state index >= 15 is 0 Å². The number of halogens is 2.